The highest BCUT2D eigenvalue weighted by Crippen LogP contribution is 2.36. The van der Waals surface area contributed by atoms with Crippen LogP contribution in [0.3, 0.4) is 0 Å². The van der Waals surface area contributed by atoms with Crippen LogP contribution in [0.5, 0.6) is 11.5 Å². The molecule has 0 saturated carbocycles. The van der Waals surface area contributed by atoms with E-state index in [4.69, 9.17) is 13.9 Å². The predicted molar refractivity (Wildman–Crippen MR) is 76.9 cm³/mol. The number of halogens is 1. The molecular formula is C14H16BrNO3. The molecule has 0 radical (unpaired) electrons. The summed E-state index contributed by atoms with van der Waals surface area (Å²) < 4.78 is 16.7. The number of rotatable bonds is 5. The number of nitrogens with one attached hydrogen (secondary N) is 1. The van der Waals surface area contributed by atoms with Crippen molar-refractivity contribution in [2.75, 3.05) is 21.3 Å². The molecule has 2 rings (SSSR count). The summed E-state index contributed by atoms with van der Waals surface area (Å²) in [7, 11) is 5.19. The van der Waals surface area contributed by atoms with Gasteiger partial charge in [-0.3, -0.25) is 0 Å². The average Bonchev–Trinajstić information content (AvgIpc) is 2.86. The van der Waals surface area contributed by atoms with E-state index in [1.807, 2.05) is 31.3 Å². The van der Waals surface area contributed by atoms with Crippen molar-refractivity contribution in [3.8, 4) is 11.5 Å². The summed E-state index contributed by atoms with van der Waals surface area (Å²) in [5.74, 6) is 1.59. The Morgan fingerprint density at radius 1 is 1.16 bits per heavy atom. The van der Waals surface area contributed by atoms with Crippen LogP contribution in [0.4, 0.5) is 0 Å². The predicted octanol–water partition coefficient (Wildman–Crippen LogP) is 3.37. The quantitative estimate of drug-likeness (QED) is 0.915. The molecule has 4 nitrogen and oxygen atoms in total. The zero-order valence-corrected chi connectivity index (χ0v) is 12.7. The van der Waals surface area contributed by atoms with E-state index < -0.39 is 0 Å². The van der Waals surface area contributed by atoms with Crippen molar-refractivity contribution in [3.05, 3.63) is 46.3 Å². The van der Waals surface area contributed by atoms with Crippen molar-refractivity contribution in [1.29, 1.82) is 0 Å². The molecule has 19 heavy (non-hydrogen) atoms. The third-order valence-corrected chi connectivity index (χ3v) is 3.64. The van der Waals surface area contributed by atoms with Gasteiger partial charge in [0, 0.05) is 11.1 Å². The van der Waals surface area contributed by atoms with Crippen molar-refractivity contribution in [3.63, 3.8) is 0 Å². The number of hydrogen-bond acceptors (Lipinski definition) is 4. The highest BCUT2D eigenvalue weighted by atomic mass is 79.9. The number of benzene rings is 1. The van der Waals surface area contributed by atoms with Gasteiger partial charge in [-0.25, -0.2) is 0 Å². The summed E-state index contributed by atoms with van der Waals surface area (Å²) in [5, 5.41) is 3.26. The molecule has 1 heterocycles. The Morgan fingerprint density at radius 3 is 2.47 bits per heavy atom. The molecule has 1 aromatic heterocycles. The summed E-state index contributed by atoms with van der Waals surface area (Å²) in [4.78, 5) is 0. The summed E-state index contributed by atoms with van der Waals surface area (Å²) in [6, 6.07) is 7.61. The van der Waals surface area contributed by atoms with Gasteiger partial charge in [-0.1, -0.05) is 0 Å². The lowest BCUT2D eigenvalue weighted by Gasteiger charge is -2.19. The molecule has 0 aliphatic heterocycles. The molecule has 0 fully saturated rings. The third-order valence-electron chi connectivity index (χ3n) is 2.99. The van der Waals surface area contributed by atoms with E-state index in [0.717, 1.165) is 22.6 Å². The van der Waals surface area contributed by atoms with Gasteiger partial charge in [0.05, 0.1) is 26.5 Å². The highest BCUT2D eigenvalue weighted by molar-refractivity contribution is 9.10. The smallest absolute Gasteiger partial charge is 0.174 e. The van der Waals surface area contributed by atoms with Crippen molar-refractivity contribution < 1.29 is 13.9 Å². The van der Waals surface area contributed by atoms with Gasteiger partial charge in [0.2, 0.25) is 0 Å². The third kappa shape index (κ3) is 2.77. The van der Waals surface area contributed by atoms with Crippen molar-refractivity contribution in [2.45, 2.75) is 6.04 Å². The molecule has 0 saturated heterocycles. The molecular weight excluding hydrogens is 310 g/mol. The molecule has 2 aromatic rings. The van der Waals surface area contributed by atoms with Crippen LogP contribution < -0.4 is 14.8 Å². The minimum atomic E-state index is -0.0434. The standard InChI is InChI=1S/C14H16BrNO3/c1-16-13(10-6-7-19-14(10)15)11-8-9(17-2)4-5-12(11)18-3/h4-8,13,16H,1-3H3. The van der Waals surface area contributed by atoms with E-state index >= 15 is 0 Å². The topological polar surface area (TPSA) is 43.6 Å². The minimum Gasteiger partial charge on any atom is -0.497 e. The van der Waals surface area contributed by atoms with E-state index in [2.05, 4.69) is 21.2 Å². The fourth-order valence-corrected chi connectivity index (χ4v) is 2.52. The highest BCUT2D eigenvalue weighted by Gasteiger charge is 2.21. The first-order valence-corrected chi connectivity index (χ1v) is 6.62. The van der Waals surface area contributed by atoms with Gasteiger partial charge in [0.15, 0.2) is 4.67 Å². The second kappa shape index (κ2) is 6.12. The largest absolute Gasteiger partial charge is 0.497 e. The van der Waals surface area contributed by atoms with Gasteiger partial charge < -0.3 is 19.2 Å². The average molecular weight is 326 g/mol. The van der Waals surface area contributed by atoms with Gasteiger partial charge in [-0.05, 0) is 47.2 Å². The number of methoxy groups -OCH3 is 2. The maximum Gasteiger partial charge on any atom is 0.174 e. The van der Waals surface area contributed by atoms with Gasteiger partial charge in [0.1, 0.15) is 11.5 Å². The molecule has 1 aromatic carbocycles. The van der Waals surface area contributed by atoms with Crippen LogP contribution in [0.25, 0.3) is 0 Å². The maximum absolute atomic E-state index is 5.42. The fraction of sp³-hybridized carbons (Fsp3) is 0.286. The van der Waals surface area contributed by atoms with Crippen molar-refractivity contribution >= 4 is 15.9 Å². The first kappa shape index (κ1) is 14.0. The number of ether oxygens (including phenoxy) is 2. The monoisotopic (exact) mass is 325 g/mol. The Morgan fingerprint density at radius 2 is 1.95 bits per heavy atom. The summed E-state index contributed by atoms with van der Waals surface area (Å²) in [6.07, 6.45) is 1.65. The molecule has 0 bridgehead atoms. The van der Waals surface area contributed by atoms with Crippen LogP contribution in [-0.2, 0) is 0 Å². The Labute approximate surface area is 120 Å². The van der Waals surface area contributed by atoms with Crippen LogP contribution >= 0.6 is 15.9 Å². The first-order chi connectivity index (χ1) is 9.21. The molecule has 0 aliphatic rings. The molecule has 1 unspecified atom stereocenters. The molecule has 0 aliphatic carbocycles. The van der Waals surface area contributed by atoms with Gasteiger partial charge in [0.25, 0.3) is 0 Å². The minimum absolute atomic E-state index is 0.0434. The lowest BCUT2D eigenvalue weighted by molar-refractivity contribution is 0.394. The van der Waals surface area contributed by atoms with E-state index in [-0.39, 0.29) is 6.04 Å². The van der Waals surface area contributed by atoms with Crippen molar-refractivity contribution in [2.24, 2.45) is 0 Å². The Kier molecular flexibility index (Phi) is 4.50. The van der Waals surface area contributed by atoms with Gasteiger partial charge in [-0.2, -0.15) is 0 Å². The molecule has 0 spiro atoms. The van der Waals surface area contributed by atoms with E-state index in [0.29, 0.717) is 4.67 Å². The SMILES string of the molecule is CNC(c1cc(OC)ccc1OC)c1ccoc1Br. The Bertz CT molecular complexity index is 553. The zero-order chi connectivity index (χ0) is 13.8. The summed E-state index contributed by atoms with van der Waals surface area (Å²) in [6.45, 7) is 0. The van der Waals surface area contributed by atoms with Crippen LogP contribution in [-0.4, -0.2) is 21.3 Å². The summed E-state index contributed by atoms with van der Waals surface area (Å²) in [5.41, 5.74) is 2.00. The van der Waals surface area contributed by atoms with E-state index in [1.165, 1.54) is 0 Å². The first-order valence-electron chi connectivity index (χ1n) is 5.83. The van der Waals surface area contributed by atoms with Crippen LogP contribution in [0.15, 0.2) is 39.6 Å². The summed E-state index contributed by atoms with van der Waals surface area (Å²) >= 11 is 3.41. The molecule has 0 amide bonds. The fourth-order valence-electron chi connectivity index (χ4n) is 2.05. The second-order valence-electron chi connectivity index (χ2n) is 3.98. The van der Waals surface area contributed by atoms with E-state index in [1.54, 1.807) is 20.5 Å². The Hall–Kier alpha value is -1.46. The van der Waals surface area contributed by atoms with Gasteiger partial charge in [-0.15, -0.1) is 0 Å². The second-order valence-corrected chi connectivity index (χ2v) is 4.70. The Balaban J connectivity index is 2.51. The van der Waals surface area contributed by atoms with Crippen LogP contribution in [0.1, 0.15) is 17.2 Å². The van der Waals surface area contributed by atoms with Crippen LogP contribution in [0, 0.1) is 0 Å². The molecule has 1 N–H and O–H groups in total. The van der Waals surface area contributed by atoms with Gasteiger partial charge >= 0.3 is 0 Å². The maximum atomic E-state index is 5.42. The molecule has 1 atom stereocenters. The lowest BCUT2D eigenvalue weighted by atomic mass is 10.00. The van der Waals surface area contributed by atoms with Crippen molar-refractivity contribution in [1.82, 2.24) is 5.32 Å². The number of hydrogen-bond donors (Lipinski definition) is 1. The van der Waals surface area contributed by atoms with Crippen LogP contribution in [0.2, 0.25) is 0 Å². The van der Waals surface area contributed by atoms with E-state index in [9.17, 15) is 0 Å². The number of furan rings is 1. The normalized spacial score (nSPS) is 12.2. The molecule has 5 heteroatoms. The lowest BCUT2D eigenvalue weighted by Crippen LogP contribution is -2.18. The zero-order valence-electron chi connectivity index (χ0n) is 11.1. The molecule has 102 valence electrons.